The van der Waals surface area contributed by atoms with E-state index < -0.39 is 5.91 Å². The van der Waals surface area contributed by atoms with Crippen molar-refractivity contribution in [2.75, 3.05) is 39.5 Å². The van der Waals surface area contributed by atoms with Crippen molar-refractivity contribution in [3.05, 3.63) is 16.0 Å². The van der Waals surface area contributed by atoms with Crippen LogP contribution in [-0.2, 0) is 22.4 Å². The van der Waals surface area contributed by atoms with Crippen LogP contribution in [0.5, 0.6) is 0 Å². The molecule has 0 aromatic carbocycles. The molecule has 8 heteroatoms. The fraction of sp³-hybridized carbons (Fsp3) is 0.533. The van der Waals surface area contributed by atoms with Crippen LogP contribution in [0.15, 0.2) is 0 Å². The third-order valence-electron chi connectivity index (χ3n) is 3.74. The SMILES string of the molecule is CN(CC(=O)Nc1sc2c(c1C(N)=O)CCC2)CC(=O)N(C)C. The van der Waals surface area contributed by atoms with Gasteiger partial charge in [-0.3, -0.25) is 19.3 Å². The molecule has 2 rings (SSSR count). The monoisotopic (exact) mass is 338 g/mol. The summed E-state index contributed by atoms with van der Waals surface area (Å²) in [6, 6.07) is 0. The Labute approximate surface area is 139 Å². The fourth-order valence-electron chi connectivity index (χ4n) is 2.59. The molecule has 1 aliphatic carbocycles. The van der Waals surface area contributed by atoms with Crippen LogP contribution in [-0.4, -0.2) is 61.8 Å². The molecule has 0 spiro atoms. The number of rotatable bonds is 6. The van der Waals surface area contributed by atoms with Crippen molar-refractivity contribution in [1.29, 1.82) is 0 Å². The Morgan fingerprint density at radius 1 is 1.17 bits per heavy atom. The maximum Gasteiger partial charge on any atom is 0.251 e. The molecule has 0 radical (unpaired) electrons. The van der Waals surface area contributed by atoms with Crippen molar-refractivity contribution in [2.24, 2.45) is 5.73 Å². The average molecular weight is 338 g/mol. The van der Waals surface area contributed by atoms with Crippen LogP contribution >= 0.6 is 11.3 Å². The zero-order valence-electron chi connectivity index (χ0n) is 13.6. The highest BCUT2D eigenvalue weighted by Gasteiger charge is 2.26. The van der Waals surface area contributed by atoms with E-state index in [1.165, 1.54) is 16.2 Å². The Morgan fingerprint density at radius 3 is 2.48 bits per heavy atom. The highest BCUT2D eigenvalue weighted by atomic mass is 32.1. The Bertz CT molecular complexity index is 639. The maximum absolute atomic E-state index is 12.2. The van der Waals surface area contributed by atoms with E-state index in [4.69, 9.17) is 5.73 Å². The van der Waals surface area contributed by atoms with Gasteiger partial charge in [-0.1, -0.05) is 0 Å². The summed E-state index contributed by atoms with van der Waals surface area (Å²) >= 11 is 1.42. The molecular formula is C15H22N4O3S. The van der Waals surface area contributed by atoms with Crippen molar-refractivity contribution in [2.45, 2.75) is 19.3 Å². The summed E-state index contributed by atoms with van der Waals surface area (Å²) in [7, 11) is 5.04. The molecule has 0 unspecified atom stereocenters. The summed E-state index contributed by atoms with van der Waals surface area (Å²) in [5, 5.41) is 3.29. The second-order valence-corrected chi connectivity index (χ2v) is 7.04. The molecule has 1 aromatic heterocycles. The molecule has 0 fully saturated rings. The lowest BCUT2D eigenvalue weighted by Crippen LogP contribution is -2.38. The lowest BCUT2D eigenvalue weighted by atomic mass is 10.1. The molecule has 7 nitrogen and oxygen atoms in total. The summed E-state index contributed by atoms with van der Waals surface area (Å²) in [5.74, 6) is -0.842. The van der Waals surface area contributed by atoms with Gasteiger partial charge in [0, 0.05) is 19.0 Å². The minimum atomic E-state index is -0.504. The van der Waals surface area contributed by atoms with E-state index in [-0.39, 0.29) is 24.9 Å². The van der Waals surface area contributed by atoms with Gasteiger partial charge in [-0.05, 0) is 31.9 Å². The molecule has 0 bridgehead atoms. The van der Waals surface area contributed by atoms with E-state index in [0.29, 0.717) is 10.6 Å². The standard InChI is InChI=1S/C15H22N4O3S/c1-18(2)12(21)8-19(3)7-11(20)17-15-13(14(16)22)9-5-4-6-10(9)23-15/h4-8H2,1-3H3,(H2,16,22)(H,17,20). The van der Waals surface area contributed by atoms with E-state index in [1.807, 2.05) is 0 Å². The number of aryl methyl sites for hydroxylation is 1. The van der Waals surface area contributed by atoms with Crippen molar-refractivity contribution >= 4 is 34.1 Å². The summed E-state index contributed by atoms with van der Waals surface area (Å²) in [4.78, 5) is 39.7. The molecular weight excluding hydrogens is 316 g/mol. The Balaban J connectivity index is 2.01. The second kappa shape index (κ2) is 7.10. The van der Waals surface area contributed by atoms with E-state index in [1.54, 1.807) is 26.0 Å². The zero-order chi connectivity index (χ0) is 17.1. The van der Waals surface area contributed by atoms with Gasteiger partial charge < -0.3 is 16.0 Å². The van der Waals surface area contributed by atoms with Crippen molar-refractivity contribution in [3.8, 4) is 0 Å². The number of primary amides is 1. The van der Waals surface area contributed by atoms with Gasteiger partial charge in [-0.15, -0.1) is 11.3 Å². The summed E-state index contributed by atoms with van der Waals surface area (Å²) in [5.41, 5.74) is 6.89. The number of hydrogen-bond donors (Lipinski definition) is 2. The second-order valence-electron chi connectivity index (χ2n) is 5.93. The van der Waals surface area contributed by atoms with Gasteiger partial charge in [0.15, 0.2) is 0 Å². The van der Waals surface area contributed by atoms with Crippen LogP contribution in [0.4, 0.5) is 5.00 Å². The van der Waals surface area contributed by atoms with E-state index >= 15 is 0 Å². The first-order valence-electron chi connectivity index (χ1n) is 7.42. The van der Waals surface area contributed by atoms with Crippen LogP contribution in [0.3, 0.4) is 0 Å². The molecule has 1 heterocycles. The molecule has 0 saturated heterocycles. The average Bonchev–Trinajstić information content (AvgIpc) is 2.97. The maximum atomic E-state index is 12.2. The minimum absolute atomic E-state index is 0.0698. The predicted octanol–water partition coefficient (Wildman–Crippen LogP) is 0.294. The Hall–Kier alpha value is -1.93. The van der Waals surface area contributed by atoms with Gasteiger partial charge >= 0.3 is 0 Å². The first-order valence-corrected chi connectivity index (χ1v) is 8.24. The molecule has 126 valence electrons. The zero-order valence-corrected chi connectivity index (χ0v) is 14.5. The molecule has 0 aliphatic heterocycles. The van der Waals surface area contributed by atoms with E-state index in [9.17, 15) is 14.4 Å². The number of anilines is 1. The minimum Gasteiger partial charge on any atom is -0.365 e. The van der Waals surface area contributed by atoms with E-state index in [0.717, 1.165) is 29.7 Å². The first kappa shape index (κ1) is 17.4. The lowest BCUT2D eigenvalue weighted by molar-refractivity contribution is -0.130. The molecule has 0 atom stereocenters. The summed E-state index contributed by atoms with van der Waals surface area (Å²) in [6.45, 7) is 0.227. The normalized spacial score (nSPS) is 13.0. The topological polar surface area (TPSA) is 95.7 Å². The first-order chi connectivity index (χ1) is 10.8. The number of nitrogens with zero attached hydrogens (tertiary/aromatic N) is 2. The Morgan fingerprint density at radius 2 is 1.87 bits per heavy atom. The largest absolute Gasteiger partial charge is 0.365 e. The highest BCUT2D eigenvalue weighted by Crippen LogP contribution is 2.38. The molecule has 3 N–H and O–H groups in total. The molecule has 1 aromatic rings. The quantitative estimate of drug-likeness (QED) is 0.779. The lowest BCUT2D eigenvalue weighted by Gasteiger charge is -2.18. The third kappa shape index (κ3) is 4.08. The van der Waals surface area contributed by atoms with Gasteiger partial charge in [0.25, 0.3) is 5.91 Å². The number of nitrogens with two attached hydrogens (primary N) is 1. The number of amides is 3. The highest BCUT2D eigenvalue weighted by molar-refractivity contribution is 7.17. The van der Waals surface area contributed by atoms with Crippen LogP contribution in [0.25, 0.3) is 0 Å². The Kier molecular flexibility index (Phi) is 5.38. The number of nitrogens with one attached hydrogen (secondary N) is 1. The predicted molar refractivity (Wildman–Crippen MR) is 89.7 cm³/mol. The third-order valence-corrected chi connectivity index (χ3v) is 4.95. The summed E-state index contributed by atoms with van der Waals surface area (Å²) < 4.78 is 0. The summed E-state index contributed by atoms with van der Waals surface area (Å²) in [6.07, 6.45) is 2.77. The van der Waals surface area contributed by atoms with Crippen LogP contribution in [0, 0.1) is 0 Å². The van der Waals surface area contributed by atoms with Crippen LogP contribution in [0.1, 0.15) is 27.2 Å². The number of carbonyl (C=O) groups excluding carboxylic acids is 3. The van der Waals surface area contributed by atoms with Gasteiger partial charge in [-0.25, -0.2) is 0 Å². The van der Waals surface area contributed by atoms with Crippen LogP contribution < -0.4 is 11.1 Å². The van der Waals surface area contributed by atoms with Gasteiger partial charge in [0.05, 0.1) is 18.7 Å². The van der Waals surface area contributed by atoms with Gasteiger partial charge in [0.2, 0.25) is 11.8 Å². The van der Waals surface area contributed by atoms with Crippen molar-refractivity contribution < 1.29 is 14.4 Å². The molecule has 23 heavy (non-hydrogen) atoms. The van der Waals surface area contributed by atoms with Gasteiger partial charge in [-0.2, -0.15) is 0 Å². The number of likely N-dealkylation sites (N-methyl/N-ethyl adjacent to an activating group) is 2. The van der Waals surface area contributed by atoms with E-state index in [2.05, 4.69) is 5.32 Å². The fourth-order valence-corrected chi connectivity index (χ4v) is 3.90. The van der Waals surface area contributed by atoms with Crippen molar-refractivity contribution in [3.63, 3.8) is 0 Å². The molecule has 1 aliphatic rings. The number of hydrogen-bond acceptors (Lipinski definition) is 5. The number of fused-ring (bicyclic) bond motifs is 1. The number of thiophene rings is 1. The smallest absolute Gasteiger partial charge is 0.251 e. The number of carbonyl (C=O) groups is 3. The van der Waals surface area contributed by atoms with Gasteiger partial charge in [0.1, 0.15) is 5.00 Å². The molecule has 3 amide bonds. The molecule has 0 saturated carbocycles. The van der Waals surface area contributed by atoms with Crippen molar-refractivity contribution in [1.82, 2.24) is 9.80 Å². The van der Waals surface area contributed by atoms with Crippen LogP contribution in [0.2, 0.25) is 0 Å².